The normalized spacial score (nSPS) is 10.4. The third-order valence-corrected chi connectivity index (χ3v) is 4.06. The summed E-state index contributed by atoms with van der Waals surface area (Å²) in [7, 11) is 0. The first-order valence-electron chi connectivity index (χ1n) is 7.75. The van der Waals surface area contributed by atoms with Gasteiger partial charge in [-0.15, -0.1) is 0 Å². The lowest BCUT2D eigenvalue weighted by atomic mass is 10.0. The Morgan fingerprint density at radius 3 is 2.61 bits per heavy atom. The number of rotatable bonds is 6. The number of benzene rings is 2. The lowest BCUT2D eigenvalue weighted by Crippen LogP contribution is -2.10. The Morgan fingerprint density at radius 2 is 1.96 bits per heavy atom. The molecule has 2 aromatic carbocycles. The van der Waals surface area contributed by atoms with Crippen molar-refractivity contribution in [2.24, 2.45) is 0 Å². The molecule has 0 saturated carbocycles. The van der Waals surface area contributed by atoms with Crippen molar-refractivity contribution in [2.75, 3.05) is 0 Å². The summed E-state index contributed by atoms with van der Waals surface area (Å²) in [5.41, 5.74) is 3.00. The lowest BCUT2D eigenvalue weighted by molar-refractivity contribution is -0.134. The number of carbonyl (C=O) groups excluding carboxylic acids is 1. The molecule has 0 heterocycles. The van der Waals surface area contributed by atoms with Gasteiger partial charge in [-0.25, -0.2) is 0 Å². The summed E-state index contributed by atoms with van der Waals surface area (Å²) in [5, 5.41) is 0.670. The zero-order valence-electron chi connectivity index (χ0n) is 13.7. The number of ether oxygens (including phenoxy) is 2. The quantitative estimate of drug-likeness (QED) is 0.545. The van der Waals surface area contributed by atoms with Gasteiger partial charge in [0.25, 0.3) is 0 Å². The van der Waals surface area contributed by atoms with Crippen molar-refractivity contribution in [1.29, 1.82) is 0 Å². The first-order chi connectivity index (χ1) is 11.0. The van der Waals surface area contributed by atoms with Crippen LogP contribution in [0.3, 0.4) is 0 Å². The molecule has 0 atom stereocenters. The summed E-state index contributed by atoms with van der Waals surface area (Å²) in [6.07, 6.45) is 1.18. The van der Waals surface area contributed by atoms with Gasteiger partial charge < -0.3 is 9.47 Å². The van der Waals surface area contributed by atoms with Crippen molar-refractivity contribution in [3.63, 3.8) is 0 Å². The molecule has 0 aromatic heterocycles. The van der Waals surface area contributed by atoms with E-state index in [4.69, 9.17) is 21.1 Å². The predicted octanol–water partition coefficient (Wildman–Crippen LogP) is 5.11. The van der Waals surface area contributed by atoms with Crippen LogP contribution in [0.15, 0.2) is 36.4 Å². The van der Waals surface area contributed by atoms with E-state index in [9.17, 15) is 4.79 Å². The molecule has 0 N–H and O–H groups in total. The largest absolute Gasteiger partial charge is 0.489 e. The van der Waals surface area contributed by atoms with Crippen molar-refractivity contribution in [3.8, 4) is 11.5 Å². The van der Waals surface area contributed by atoms with E-state index in [0.29, 0.717) is 29.5 Å². The summed E-state index contributed by atoms with van der Waals surface area (Å²) < 4.78 is 11.3. The molecule has 4 heteroatoms. The van der Waals surface area contributed by atoms with E-state index in [1.165, 1.54) is 0 Å². The molecule has 0 aliphatic heterocycles. The van der Waals surface area contributed by atoms with Crippen LogP contribution in [0, 0.1) is 6.92 Å². The molecule has 0 amide bonds. The lowest BCUT2D eigenvalue weighted by Gasteiger charge is -2.15. The minimum Gasteiger partial charge on any atom is -0.489 e. The van der Waals surface area contributed by atoms with Crippen LogP contribution in [0.5, 0.6) is 11.5 Å². The van der Waals surface area contributed by atoms with Crippen LogP contribution in [0.25, 0.3) is 0 Å². The second-order valence-electron chi connectivity index (χ2n) is 5.27. The molecule has 0 saturated heterocycles. The summed E-state index contributed by atoms with van der Waals surface area (Å²) in [5.74, 6) is 1.01. The molecule has 0 bridgehead atoms. The third-order valence-electron chi connectivity index (χ3n) is 3.65. The van der Waals surface area contributed by atoms with E-state index in [2.05, 4.69) is 6.92 Å². The highest BCUT2D eigenvalue weighted by molar-refractivity contribution is 6.31. The highest BCUT2D eigenvalue weighted by Gasteiger charge is 2.12. The van der Waals surface area contributed by atoms with Crippen molar-refractivity contribution >= 4 is 17.6 Å². The second-order valence-corrected chi connectivity index (χ2v) is 5.68. The topological polar surface area (TPSA) is 35.5 Å². The number of esters is 1. The molecule has 2 rings (SSSR count). The monoisotopic (exact) mass is 332 g/mol. The number of aryl methyl sites for hydroxylation is 2. The number of carbonyl (C=O) groups is 1. The van der Waals surface area contributed by atoms with Crippen molar-refractivity contribution in [2.45, 2.75) is 40.2 Å². The van der Waals surface area contributed by atoms with Crippen molar-refractivity contribution in [1.82, 2.24) is 0 Å². The number of halogens is 1. The van der Waals surface area contributed by atoms with E-state index in [0.717, 1.165) is 23.1 Å². The van der Waals surface area contributed by atoms with Gasteiger partial charge in [-0.1, -0.05) is 43.6 Å². The highest BCUT2D eigenvalue weighted by atomic mass is 35.5. The van der Waals surface area contributed by atoms with Crippen LogP contribution in [-0.4, -0.2) is 5.97 Å². The Morgan fingerprint density at radius 1 is 1.17 bits per heavy atom. The molecule has 2 aromatic rings. The molecule has 3 nitrogen and oxygen atoms in total. The van der Waals surface area contributed by atoms with Crippen molar-refractivity contribution < 1.29 is 14.3 Å². The van der Waals surface area contributed by atoms with E-state index in [-0.39, 0.29) is 5.97 Å². The van der Waals surface area contributed by atoms with Gasteiger partial charge in [-0.05, 0) is 42.7 Å². The van der Waals surface area contributed by atoms with Gasteiger partial charge in [0.1, 0.15) is 18.1 Å². The summed E-state index contributed by atoms with van der Waals surface area (Å²) >= 11 is 6.12. The van der Waals surface area contributed by atoms with Gasteiger partial charge in [-0.3, -0.25) is 4.79 Å². The van der Waals surface area contributed by atoms with Crippen LogP contribution in [0.4, 0.5) is 0 Å². The Hall–Kier alpha value is -2.00. The van der Waals surface area contributed by atoms with E-state index >= 15 is 0 Å². The standard InChI is InChI=1S/C19H21ClO3/c1-4-14-7-6-8-18(23-19(21)5-2)16(14)12-22-15-10-9-13(3)17(20)11-15/h6-11H,4-5,12H2,1-3H3. The Balaban J connectivity index is 2.22. The maximum Gasteiger partial charge on any atom is 0.310 e. The van der Waals surface area contributed by atoms with E-state index in [1.54, 1.807) is 19.1 Å². The van der Waals surface area contributed by atoms with Crippen LogP contribution in [0.1, 0.15) is 37.0 Å². The van der Waals surface area contributed by atoms with Gasteiger partial charge in [0.15, 0.2) is 0 Å². The Labute approximate surface area is 142 Å². The fourth-order valence-electron chi connectivity index (χ4n) is 2.22. The predicted molar refractivity (Wildman–Crippen MR) is 92.3 cm³/mol. The van der Waals surface area contributed by atoms with Crippen LogP contribution >= 0.6 is 11.6 Å². The number of hydrogen-bond acceptors (Lipinski definition) is 3. The Bertz CT molecular complexity index is 695. The highest BCUT2D eigenvalue weighted by Crippen LogP contribution is 2.27. The van der Waals surface area contributed by atoms with Gasteiger partial charge in [-0.2, -0.15) is 0 Å². The molecular formula is C19H21ClO3. The molecule has 23 heavy (non-hydrogen) atoms. The summed E-state index contributed by atoms with van der Waals surface area (Å²) in [6, 6.07) is 11.3. The first-order valence-corrected chi connectivity index (χ1v) is 8.13. The molecule has 0 aliphatic carbocycles. The molecule has 0 aliphatic rings. The fourth-order valence-corrected chi connectivity index (χ4v) is 2.39. The smallest absolute Gasteiger partial charge is 0.310 e. The molecule has 0 radical (unpaired) electrons. The van der Waals surface area contributed by atoms with Gasteiger partial charge in [0.2, 0.25) is 0 Å². The molecule has 122 valence electrons. The number of hydrogen-bond donors (Lipinski definition) is 0. The van der Waals surface area contributed by atoms with Gasteiger partial charge in [0, 0.05) is 17.0 Å². The average molecular weight is 333 g/mol. The molecule has 0 unspecified atom stereocenters. The molecule has 0 spiro atoms. The zero-order valence-corrected chi connectivity index (χ0v) is 14.4. The second kappa shape index (κ2) is 8.02. The molecule has 0 fully saturated rings. The minimum atomic E-state index is -0.252. The Kier molecular flexibility index (Phi) is 6.05. The maximum atomic E-state index is 11.6. The summed E-state index contributed by atoms with van der Waals surface area (Å²) in [4.78, 5) is 11.6. The first kappa shape index (κ1) is 17.4. The SMILES string of the molecule is CCC(=O)Oc1cccc(CC)c1COc1ccc(C)c(Cl)c1. The van der Waals surface area contributed by atoms with Crippen LogP contribution in [0.2, 0.25) is 5.02 Å². The molecular weight excluding hydrogens is 312 g/mol. The fraction of sp³-hybridized carbons (Fsp3) is 0.316. The summed E-state index contributed by atoms with van der Waals surface area (Å²) in [6.45, 7) is 6.11. The zero-order chi connectivity index (χ0) is 16.8. The van der Waals surface area contributed by atoms with Gasteiger partial charge >= 0.3 is 5.97 Å². The average Bonchev–Trinajstić information content (AvgIpc) is 2.56. The van der Waals surface area contributed by atoms with Crippen molar-refractivity contribution in [3.05, 3.63) is 58.1 Å². The van der Waals surface area contributed by atoms with Crippen LogP contribution < -0.4 is 9.47 Å². The minimum absolute atomic E-state index is 0.252. The van der Waals surface area contributed by atoms with Crippen LogP contribution in [-0.2, 0) is 17.8 Å². The maximum absolute atomic E-state index is 11.6. The van der Waals surface area contributed by atoms with E-state index < -0.39 is 0 Å². The third kappa shape index (κ3) is 4.49. The van der Waals surface area contributed by atoms with E-state index in [1.807, 2.05) is 31.2 Å². The van der Waals surface area contributed by atoms with Gasteiger partial charge in [0.05, 0.1) is 0 Å².